The van der Waals surface area contributed by atoms with Gasteiger partial charge in [0.15, 0.2) is 0 Å². The smallest absolute Gasteiger partial charge is 0.414 e. The largest absolute Gasteiger partial charge is 0.473 e. The molecule has 1 amide bonds. The number of esters is 1. The summed E-state index contributed by atoms with van der Waals surface area (Å²) in [6.45, 7) is 2.68. The lowest BCUT2D eigenvalue weighted by molar-refractivity contribution is -0.159. The predicted octanol–water partition coefficient (Wildman–Crippen LogP) is 4.13. The van der Waals surface area contributed by atoms with E-state index in [-0.39, 0.29) is 19.1 Å². The first-order valence-corrected chi connectivity index (χ1v) is 11.5. The van der Waals surface area contributed by atoms with E-state index >= 15 is 0 Å². The fraction of sp³-hybridized carbons (Fsp3) is 0.167. The number of carboxylic acids is 2. The van der Waals surface area contributed by atoms with Crippen molar-refractivity contribution in [2.75, 3.05) is 18.5 Å². The van der Waals surface area contributed by atoms with Gasteiger partial charge < -0.3 is 25.6 Å². The first-order chi connectivity index (χ1) is 16.7. The molecule has 2 aromatic carbocycles. The molecule has 0 bridgehead atoms. The molecule has 0 spiro atoms. The van der Waals surface area contributed by atoms with Crippen LogP contribution in [-0.2, 0) is 25.7 Å². The first-order valence-electron chi connectivity index (χ1n) is 10.3. The van der Waals surface area contributed by atoms with Crippen LogP contribution < -0.4 is 10.6 Å². The maximum Gasteiger partial charge on any atom is 0.414 e. The number of halogens is 1. The number of hydrogen-bond acceptors (Lipinski definition) is 7. The Morgan fingerprint density at radius 1 is 0.943 bits per heavy atom. The molecule has 1 aromatic heterocycles. The van der Waals surface area contributed by atoms with Gasteiger partial charge in [0.1, 0.15) is 10.6 Å². The molecular formula is C24H23ClN2O7S. The maximum atomic E-state index is 12.6. The Morgan fingerprint density at radius 2 is 1.57 bits per heavy atom. The maximum absolute atomic E-state index is 12.6. The standard InChI is InChI=1S/C22H21ClN2O3S.C2H2O4/c1-2-28-22(27)20-17(16-10-6-7-11-18(16)23)14-29-21(20)25-19(26)13-24-12-15-8-4-3-5-9-15;3-1(4)2(5)6/h3-11,14,24H,2,12-13H2,1H3,(H,25,26);(H,3,4)(H,5,6). The topological polar surface area (TPSA) is 142 Å². The average Bonchev–Trinajstić information content (AvgIpc) is 3.23. The Labute approximate surface area is 210 Å². The normalized spacial score (nSPS) is 10.0. The van der Waals surface area contributed by atoms with Crippen LogP contribution in [0.4, 0.5) is 5.00 Å². The molecule has 0 aliphatic carbocycles. The number of carbonyl (C=O) groups is 4. The number of aliphatic carboxylic acids is 2. The summed E-state index contributed by atoms with van der Waals surface area (Å²) in [5, 5.41) is 23.5. The van der Waals surface area contributed by atoms with E-state index in [4.69, 9.17) is 36.1 Å². The molecule has 3 rings (SSSR count). The summed E-state index contributed by atoms with van der Waals surface area (Å²) >= 11 is 7.58. The van der Waals surface area contributed by atoms with Gasteiger partial charge in [-0.15, -0.1) is 11.3 Å². The number of carbonyl (C=O) groups excluding carboxylic acids is 2. The molecule has 0 saturated carbocycles. The third-order valence-electron chi connectivity index (χ3n) is 4.33. The number of hydrogen-bond donors (Lipinski definition) is 4. The third-order valence-corrected chi connectivity index (χ3v) is 5.55. The molecule has 35 heavy (non-hydrogen) atoms. The van der Waals surface area contributed by atoms with E-state index in [0.29, 0.717) is 27.7 Å². The van der Waals surface area contributed by atoms with Crippen LogP contribution in [0.25, 0.3) is 11.1 Å². The zero-order valence-electron chi connectivity index (χ0n) is 18.6. The molecule has 0 radical (unpaired) electrons. The Balaban J connectivity index is 0.000000641. The molecule has 0 saturated heterocycles. The van der Waals surface area contributed by atoms with E-state index < -0.39 is 17.9 Å². The number of anilines is 1. The third kappa shape index (κ3) is 8.53. The van der Waals surface area contributed by atoms with E-state index in [0.717, 1.165) is 11.1 Å². The van der Waals surface area contributed by atoms with Gasteiger partial charge in [0.2, 0.25) is 5.91 Å². The molecule has 0 unspecified atom stereocenters. The number of thiophene rings is 1. The van der Waals surface area contributed by atoms with Crippen LogP contribution >= 0.6 is 22.9 Å². The second kappa shape index (κ2) is 13.9. The van der Waals surface area contributed by atoms with Crippen LogP contribution in [0.3, 0.4) is 0 Å². The first kappa shape index (κ1) is 27.5. The number of benzene rings is 2. The van der Waals surface area contributed by atoms with E-state index in [1.807, 2.05) is 48.5 Å². The minimum absolute atomic E-state index is 0.122. The van der Waals surface area contributed by atoms with Crippen LogP contribution in [-0.4, -0.2) is 47.2 Å². The van der Waals surface area contributed by atoms with Crippen molar-refractivity contribution in [3.05, 3.63) is 76.1 Å². The Bertz CT molecular complexity index is 1170. The average molecular weight is 519 g/mol. The van der Waals surface area contributed by atoms with Crippen molar-refractivity contribution < 1.29 is 34.1 Å². The van der Waals surface area contributed by atoms with Crippen molar-refractivity contribution in [2.45, 2.75) is 13.5 Å². The van der Waals surface area contributed by atoms with Crippen molar-refractivity contribution in [1.29, 1.82) is 0 Å². The Morgan fingerprint density at radius 3 is 2.17 bits per heavy atom. The quantitative estimate of drug-likeness (QED) is 0.257. The summed E-state index contributed by atoms with van der Waals surface area (Å²) in [4.78, 5) is 43.2. The highest BCUT2D eigenvalue weighted by atomic mass is 35.5. The van der Waals surface area contributed by atoms with E-state index in [9.17, 15) is 9.59 Å². The molecule has 1 heterocycles. The summed E-state index contributed by atoms with van der Waals surface area (Å²) in [6.07, 6.45) is 0. The van der Waals surface area contributed by atoms with Crippen molar-refractivity contribution >= 4 is 51.8 Å². The fourth-order valence-corrected chi connectivity index (χ4v) is 4.02. The van der Waals surface area contributed by atoms with Gasteiger partial charge in [-0.05, 0) is 18.6 Å². The van der Waals surface area contributed by atoms with Crippen LogP contribution in [0.2, 0.25) is 5.02 Å². The van der Waals surface area contributed by atoms with Crippen molar-refractivity contribution in [2.24, 2.45) is 0 Å². The lowest BCUT2D eigenvalue weighted by Crippen LogP contribution is -2.28. The van der Waals surface area contributed by atoms with E-state index in [1.165, 1.54) is 11.3 Å². The van der Waals surface area contributed by atoms with Gasteiger partial charge in [0.05, 0.1) is 13.2 Å². The number of ether oxygens (including phenoxy) is 1. The zero-order valence-corrected chi connectivity index (χ0v) is 20.2. The minimum Gasteiger partial charge on any atom is -0.473 e. The monoisotopic (exact) mass is 518 g/mol. The van der Waals surface area contributed by atoms with Crippen LogP contribution in [0.15, 0.2) is 60.0 Å². The molecule has 9 nitrogen and oxygen atoms in total. The van der Waals surface area contributed by atoms with Gasteiger partial charge in [-0.25, -0.2) is 14.4 Å². The van der Waals surface area contributed by atoms with E-state index in [2.05, 4.69) is 10.6 Å². The number of nitrogens with one attached hydrogen (secondary N) is 2. The van der Waals surface area contributed by atoms with Crippen molar-refractivity contribution in [3.63, 3.8) is 0 Å². The number of carboxylic acid groups (broad SMARTS) is 2. The lowest BCUT2D eigenvalue weighted by Gasteiger charge is -2.10. The van der Waals surface area contributed by atoms with Gasteiger partial charge in [-0.1, -0.05) is 60.1 Å². The summed E-state index contributed by atoms with van der Waals surface area (Å²) < 4.78 is 5.21. The van der Waals surface area contributed by atoms with E-state index in [1.54, 1.807) is 18.4 Å². The second-order valence-electron chi connectivity index (χ2n) is 6.80. The number of amides is 1. The van der Waals surface area contributed by atoms with Crippen molar-refractivity contribution in [1.82, 2.24) is 5.32 Å². The SMILES string of the molecule is CCOC(=O)c1c(-c2ccccc2Cl)csc1NC(=O)CNCc1ccccc1.O=C(O)C(=O)O. The second-order valence-corrected chi connectivity index (χ2v) is 8.09. The summed E-state index contributed by atoms with van der Waals surface area (Å²) in [5.74, 6) is -4.37. The van der Waals surface area contributed by atoms with Gasteiger partial charge in [0.25, 0.3) is 0 Å². The molecule has 0 fully saturated rings. The zero-order chi connectivity index (χ0) is 25.8. The van der Waals surface area contributed by atoms with Crippen LogP contribution in [0, 0.1) is 0 Å². The molecule has 0 aliphatic heterocycles. The van der Waals surface area contributed by atoms with Crippen LogP contribution in [0.5, 0.6) is 0 Å². The summed E-state index contributed by atoms with van der Waals surface area (Å²) in [5.41, 5.74) is 2.77. The molecule has 184 valence electrons. The fourth-order valence-electron chi connectivity index (χ4n) is 2.82. The highest BCUT2D eigenvalue weighted by Gasteiger charge is 2.23. The van der Waals surface area contributed by atoms with Crippen LogP contribution in [0.1, 0.15) is 22.8 Å². The summed E-state index contributed by atoms with van der Waals surface area (Å²) in [6, 6.07) is 17.1. The Hall–Kier alpha value is -3.73. The van der Waals surface area contributed by atoms with Gasteiger partial charge in [-0.3, -0.25) is 4.79 Å². The highest BCUT2D eigenvalue weighted by Crippen LogP contribution is 2.39. The Kier molecular flexibility index (Phi) is 10.9. The molecule has 3 aromatic rings. The van der Waals surface area contributed by atoms with Crippen molar-refractivity contribution in [3.8, 4) is 11.1 Å². The molecule has 4 N–H and O–H groups in total. The molecular weight excluding hydrogens is 496 g/mol. The molecule has 0 atom stereocenters. The minimum atomic E-state index is -1.82. The number of rotatable bonds is 8. The molecule has 11 heteroatoms. The predicted molar refractivity (Wildman–Crippen MR) is 133 cm³/mol. The lowest BCUT2D eigenvalue weighted by atomic mass is 10.0. The van der Waals surface area contributed by atoms with Gasteiger partial charge in [-0.2, -0.15) is 0 Å². The van der Waals surface area contributed by atoms with Gasteiger partial charge in [0, 0.05) is 28.1 Å². The highest BCUT2D eigenvalue weighted by molar-refractivity contribution is 7.15. The van der Waals surface area contributed by atoms with Gasteiger partial charge >= 0.3 is 17.9 Å². The molecule has 0 aliphatic rings. The summed E-state index contributed by atoms with van der Waals surface area (Å²) in [7, 11) is 0.